The first-order chi connectivity index (χ1) is 9.27. The van der Waals surface area contributed by atoms with Crippen molar-refractivity contribution >= 4 is 5.97 Å². The molecule has 2 saturated carbocycles. The molecule has 0 aromatic heterocycles. The molecule has 20 heavy (non-hydrogen) atoms. The van der Waals surface area contributed by atoms with Crippen LogP contribution in [0.2, 0.25) is 0 Å². The van der Waals surface area contributed by atoms with Gasteiger partial charge in [-0.3, -0.25) is 4.79 Å². The largest absolute Gasteiger partial charge is 0.466 e. The summed E-state index contributed by atoms with van der Waals surface area (Å²) in [6, 6.07) is 0. The summed E-state index contributed by atoms with van der Waals surface area (Å²) in [7, 11) is 0. The Labute approximate surface area is 123 Å². The molecule has 2 rings (SSSR count). The van der Waals surface area contributed by atoms with Gasteiger partial charge >= 0.3 is 5.97 Å². The molecule has 2 fully saturated rings. The van der Waals surface area contributed by atoms with Crippen LogP contribution in [0.1, 0.15) is 66.2 Å². The molecule has 4 atom stereocenters. The zero-order valence-electron chi connectivity index (χ0n) is 13.4. The molecule has 2 aliphatic rings. The van der Waals surface area contributed by atoms with Crippen molar-refractivity contribution in [3.63, 3.8) is 0 Å². The maximum Gasteiger partial charge on any atom is 0.302 e. The highest BCUT2D eigenvalue weighted by molar-refractivity contribution is 5.65. The third-order valence-corrected chi connectivity index (χ3v) is 6.07. The Morgan fingerprint density at radius 1 is 1.25 bits per heavy atom. The van der Waals surface area contributed by atoms with Gasteiger partial charge in [0.05, 0.1) is 12.7 Å². The molecule has 3 nitrogen and oxygen atoms in total. The summed E-state index contributed by atoms with van der Waals surface area (Å²) < 4.78 is 5.12. The number of hydrogen-bond donors (Lipinski definition) is 1. The van der Waals surface area contributed by atoms with Crippen molar-refractivity contribution < 1.29 is 14.6 Å². The van der Waals surface area contributed by atoms with Crippen LogP contribution in [0, 0.1) is 22.7 Å². The van der Waals surface area contributed by atoms with E-state index in [0.29, 0.717) is 17.9 Å². The fourth-order valence-electron chi connectivity index (χ4n) is 5.16. The molecule has 0 aromatic rings. The Balaban J connectivity index is 2.13. The summed E-state index contributed by atoms with van der Waals surface area (Å²) in [6.07, 6.45) is 6.33. The van der Waals surface area contributed by atoms with Gasteiger partial charge in [0.25, 0.3) is 0 Å². The van der Waals surface area contributed by atoms with Crippen molar-refractivity contribution in [1.82, 2.24) is 0 Å². The fraction of sp³-hybridized carbons (Fsp3) is 0.941. The first kappa shape index (κ1) is 15.8. The molecule has 3 heteroatoms. The summed E-state index contributed by atoms with van der Waals surface area (Å²) >= 11 is 0. The standard InChI is InChI=1S/C17H30O3/c1-12(18)20-11-8-13-14(19)6-7-15-16(2,3)9-5-10-17(13,15)4/h13-15,19H,5-11H2,1-4H3/t13-,14-,15+,17+/m0/s1. The molecule has 1 N–H and O–H groups in total. The van der Waals surface area contributed by atoms with Crippen LogP contribution in [-0.2, 0) is 9.53 Å². The quantitative estimate of drug-likeness (QED) is 0.805. The summed E-state index contributed by atoms with van der Waals surface area (Å²) in [5.74, 6) is 0.718. The number of ether oxygens (including phenoxy) is 1. The normalized spacial score (nSPS) is 40.0. The minimum atomic E-state index is -0.235. The van der Waals surface area contributed by atoms with Crippen molar-refractivity contribution in [1.29, 1.82) is 0 Å². The predicted octanol–water partition coefficient (Wildman–Crippen LogP) is 3.54. The summed E-state index contributed by atoms with van der Waals surface area (Å²) in [6.45, 7) is 9.02. The number of carbonyl (C=O) groups excluding carboxylic acids is 1. The summed E-state index contributed by atoms with van der Waals surface area (Å²) in [4.78, 5) is 10.9. The van der Waals surface area contributed by atoms with Gasteiger partial charge in [-0.25, -0.2) is 0 Å². The van der Waals surface area contributed by atoms with E-state index < -0.39 is 0 Å². The van der Waals surface area contributed by atoms with Crippen LogP contribution in [0.25, 0.3) is 0 Å². The molecule has 0 amide bonds. The van der Waals surface area contributed by atoms with E-state index in [4.69, 9.17) is 4.74 Å². The van der Waals surface area contributed by atoms with Crippen molar-refractivity contribution in [3.8, 4) is 0 Å². The third-order valence-electron chi connectivity index (χ3n) is 6.07. The van der Waals surface area contributed by atoms with Crippen molar-refractivity contribution in [2.45, 2.75) is 72.3 Å². The minimum absolute atomic E-state index is 0.194. The molecular weight excluding hydrogens is 252 g/mol. The molecule has 2 aliphatic carbocycles. The topological polar surface area (TPSA) is 46.5 Å². The first-order valence-electron chi connectivity index (χ1n) is 8.09. The van der Waals surface area contributed by atoms with Crippen molar-refractivity contribution in [2.75, 3.05) is 6.61 Å². The average molecular weight is 282 g/mol. The number of hydrogen-bond acceptors (Lipinski definition) is 3. The highest BCUT2D eigenvalue weighted by Gasteiger charge is 2.54. The minimum Gasteiger partial charge on any atom is -0.466 e. The Morgan fingerprint density at radius 3 is 2.60 bits per heavy atom. The van der Waals surface area contributed by atoms with E-state index >= 15 is 0 Å². The Bertz CT molecular complexity index is 363. The van der Waals surface area contributed by atoms with E-state index in [1.165, 1.54) is 26.2 Å². The summed E-state index contributed by atoms with van der Waals surface area (Å²) in [5, 5.41) is 10.5. The van der Waals surface area contributed by atoms with Gasteiger partial charge in [-0.05, 0) is 54.8 Å². The van der Waals surface area contributed by atoms with Crippen LogP contribution in [0.4, 0.5) is 0 Å². The van der Waals surface area contributed by atoms with E-state index in [1.807, 2.05) is 0 Å². The second-order valence-electron chi connectivity index (χ2n) is 7.78. The smallest absolute Gasteiger partial charge is 0.302 e. The highest BCUT2D eigenvalue weighted by Crippen LogP contribution is 2.60. The van der Waals surface area contributed by atoms with Gasteiger partial charge in [0.2, 0.25) is 0 Å². The molecule has 116 valence electrons. The van der Waals surface area contributed by atoms with Crippen molar-refractivity contribution in [3.05, 3.63) is 0 Å². The van der Waals surface area contributed by atoms with E-state index in [9.17, 15) is 9.90 Å². The molecule has 0 bridgehead atoms. The van der Waals surface area contributed by atoms with E-state index in [2.05, 4.69) is 20.8 Å². The lowest BCUT2D eigenvalue weighted by molar-refractivity contribution is -0.148. The van der Waals surface area contributed by atoms with Crippen LogP contribution in [0.5, 0.6) is 0 Å². The second kappa shape index (κ2) is 5.67. The molecule has 0 unspecified atom stereocenters. The van der Waals surface area contributed by atoms with Crippen LogP contribution >= 0.6 is 0 Å². The van der Waals surface area contributed by atoms with Crippen LogP contribution in [0.15, 0.2) is 0 Å². The maximum atomic E-state index is 10.9. The van der Waals surface area contributed by atoms with Gasteiger partial charge in [0.15, 0.2) is 0 Å². The van der Waals surface area contributed by atoms with E-state index in [-0.39, 0.29) is 23.4 Å². The second-order valence-corrected chi connectivity index (χ2v) is 7.78. The molecule has 0 aliphatic heterocycles. The van der Waals surface area contributed by atoms with Gasteiger partial charge < -0.3 is 9.84 Å². The van der Waals surface area contributed by atoms with Crippen LogP contribution < -0.4 is 0 Å². The lowest BCUT2D eigenvalue weighted by atomic mass is 9.47. The Hall–Kier alpha value is -0.570. The van der Waals surface area contributed by atoms with Gasteiger partial charge in [0.1, 0.15) is 0 Å². The van der Waals surface area contributed by atoms with E-state index in [0.717, 1.165) is 19.3 Å². The lowest BCUT2D eigenvalue weighted by Gasteiger charge is -2.58. The number of esters is 1. The van der Waals surface area contributed by atoms with Gasteiger partial charge in [-0.2, -0.15) is 0 Å². The van der Waals surface area contributed by atoms with Gasteiger partial charge in [0, 0.05) is 6.92 Å². The summed E-state index contributed by atoms with van der Waals surface area (Å²) in [5.41, 5.74) is 0.562. The molecule has 0 radical (unpaired) electrons. The SMILES string of the molecule is CC(=O)OCC[C@H]1[C@@H](O)CC[C@@H]2C(C)(C)CCC[C@@]21C. The highest BCUT2D eigenvalue weighted by atomic mass is 16.5. The van der Waals surface area contributed by atoms with Gasteiger partial charge in [-0.15, -0.1) is 0 Å². The number of aliphatic hydroxyl groups is 1. The molecule has 0 spiro atoms. The van der Waals surface area contributed by atoms with Crippen LogP contribution in [-0.4, -0.2) is 23.8 Å². The van der Waals surface area contributed by atoms with E-state index in [1.54, 1.807) is 0 Å². The molecule has 0 heterocycles. The number of aliphatic hydroxyl groups excluding tert-OH is 1. The van der Waals surface area contributed by atoms with Crippen molar-refractivity contribution in [2.24, 2.45) is 22.7 Å². The predicted molar refractivity (Wildman–Crippen MR) is 79.2 cm³/mol. The average Bonchev–Trinajstić information content (AvgIpc) is 2.31. The number of carbonyl (C=O) groups is 1. The van der Waals surface area contributed by atoms with Crippen LogP contribution in [0.3, 0.4) is 0 Å². The third kappa shape index (κ3) is 2.88. The Kier molecular flexibility index (Phi) is 4.48. The monoisotopic (exact) mass is 282 g/mol. The maximum absolute atomic E-state index is 10.9. The Morgan fingerprint density at radius 2 is 1.95 bits per heavy atom. The molecule has 0 aromatic carbocycles. The molecule has 0 saturated heterocycles. The zero-order chi connectivity index (χ0) is 15.0. The zero-order valence-corrected chi connectivity index (χ0v) is 13.4. The first-order valence-corrected chi connectivity index (χ1v) is 8.09. The lowest BCUT2D eigenvalue weighted by Crippen LogP contribution is -2.53. The number of fused-ring (bicyclic) bond motifs is 1. The molecular formula is C17H30O3. The fourth-order valence-corrected chi connectivity index (χ4v) is 5.16. The van der Waals surface area contributed by atoms with Gasteiger partial charge in [-0.1, -0.05) is 27.2 Å². The number of rotatable bonds is 3.